The van der Waals surface area contributed by atoms with E-state index in [2.05, 4.69) is 5.32 Å². The van der Waals surface area contributed by atoms with Crippen molar-refractivity contribution in [2.24, 2.45) is 0 Å². The Balaban J connectivity index is 2.28. The molecule has 0 aliphatic heterocycles. The SMILES string of the molecule is COc1ccc(C(=O)Nc2cc(C)c(C)cc2O)cc1OC. The Labute approximate surface area is 129 Å². The number of nitrogens with one attached hydrogen (secondary N) is 1. The minimum atomic E-state index is -0.334. The van der Waals surface area contributed by atoms with Crippen LogP contribution in [0.1, 0.15) is 21.5 Å². The van der Waals surface area contributed by atoms with E-state index in [0.717, 1.165) is 11.1 Å². The zero-order chi connectivity index (χ0) is 16.3. The van der Waals surface area contributed by atoms with Crippen LogP contribution in [0, 0.1) is 13.8 Å². The first-order valence-corrected chi connectivity index (χ1v) is 6.80. The highest BCUT2D eigenvalue weighted by atomic mass is 16.5. The van der Waals surface area contributed by atoms with E-state index in [4.69, 9.17) is 9.47 Å². The first-order valence-electron chi connectivity index (χ1n) is 6.80. The van der Waals surface area contributed by atoms with Gasteiger partial charge in [0, 0.05) is 5.56 Å². The van der Waals surface area contributed by atoms with Crippen molar-refractivity contribution in [3.8, 4) is 17.2 Å². The van der Waals surface area contributed by atoms with Gasteiger partial charge in [0.25, 0.3) is 5.91 Å². The van der Waals surface area contributed by atoms with Crippen LogP contribution >= 0.6 is 0 Å². The number of rotatable bonds is 4. The number of methoxy groups -OCH3 is 2. The summed E-state index contributed by atoms with van der Waals surface area (Å²) in [5, 5.41) is 12.6. The summed E-state index contributed by atoms with van der Waals surface area (Å²) >= 11 is 0. The lowest BCUT2D eigenvalue weighted by Crippen LogP contribution is -2.12. The maximum absolute atomic E-state index is 12.3. The summed E-state index contributed by atoms with van der Waals surface area (Å²) in [4.78, 5) is 12.3. The standard InChI is InChI=1S/C17H19NO4/c1-10-7-13(14(19)8-11(10)2)18-17(20)12-5-6-15(21-3)16(9-12)22-4/h5-9,19H,1-4H3,(H,18,20). The summed E-state index contributed by atoms with van der Waals surface area (Å²) < 4.78 is 10.3. The highest BCUT2D eigenvalue weighted by Crippen LogP contribution is 2.30. The number of phenols is 1. The number of ether oxygens (including phenoxy) is 2. The van der Waals surface area contributed by atoms with Crippen molar-refractivity contribution in [1.29, 1.82) is 0 Å². The van der Waals surface area contributed by atoms with Gasteiger partial charge in [0.15, 0.2) is 11.5 Å². The number of carbonyl (C=O) groups excluding carboxylic acids is 1. The van der Waals surface area contributed by atoms with Crippen LogP contribution in [0.25, 0.3) is 0 Å². The quantitative estimate of drug-likeness (QED) is 0.850. The van der Waals surface area contributed by atoms with Gasteiger partial charge in [-0.15, -0.1) is 0 Å². The lowest BCUT2D eigenvalue weighted by atomic mass is 10.1. The van der Waals surface area contributed by atoms with E-state index in [0.29, 0.717) is 22.7 Å². The van der Waals surface area contributed by atoms with Gasteiger partial charge >= 0.3 is 0 Å². The fraction of sp³-hybridized carbons (Fsp3) is 0.235. The summed E-state index contributed by atoms with van der Waals surface area (Å²) in [6.45, 7) is 3.82. The van der Waals surface area contributed by atoms with Gasteiger partial charge in [-0.2, -0.15) is 0 Å². The number of aromatic hydroxyl groups is 1. The molecule has 0 aliphatic carbocycles. The van der Waals surface area contributed by atoms with Crippen LogP contribution < -0.4 is 14.8 Å². The van der Waals surface area contributed by atoms with Crippen LogP contribution in [0.4, 0.5) is 5.69 Å². The first-order chi connectivity index (χ1) is 10.5. The molecule has 0 unspecified atom stereocenters. The predicted octanol–water partition coefficient (Wildman–Crippen LogP) is 3.28. The molecule has 0 bridgehead atoms. The molecule has 2 rings (SSSR count). The molecule has 22 heavy (non-hydrogen) atoms. The van der Waals surface area contributed by atoms with Gasteiger partial charge in [0.1, 0.15) is 5.75 Å². The first kappa shape index (κ1) is 15.7. The average molecular weight is 301 g/mol. The van der Waals surface area contributed by atoms with E-state index in [1.807, 2.05) is 13.8 Å². The zero-order valence-corrected chi connectivity index (χ0v) is 13.1. The third-order valence-corrected chi connectivity index (χ3v) is 3.51. The van der Waals surface area contributed by atoms with Gasteiger partial charge in [0.05, 0.1) is 19.9 Å². The highest BCUT2D eigenvalue weighted by Gasteiger charge is 2.13. The Bertz CT molecular complexity index is 710. The van der Waals surface area contributed by atoms with Crippen molar-refractivity contribution in [1.82, 2.24) is 0 Å². The topological polar surface area (TPSA) is 67.8 Å². The Morgan fingerprint density at radius 1 is 1.00 bits per heavy atom. The van der Waals surface area contributed by atoms with E-state index in [1.54, 1.807) is 30.3 Å². The normalized spacial score (nSPS) is 10.2. The fourth-order valence-electron chi connectivity index (χ4n) is 2.07. The van der Waals surface area contributed by atoms with E-state index in [9.17, 15) is 9.90 Å². The number of carbonyl (C=O) groups is 1. The molecular formula is C17H19NO4. The molecule has 0 saturated carbocycles. The monoisotopic (exact) mass is 301 g/mol. The lowest BCUT2D eigenvalue weighted by Gasteiger charge is -2.12. The molecule has 1 amide bonds. The van der Waals surface area contributed by atoms with Crippen LogP contribution in [0.5, 0.6) is 17.2 Å². The average Bonchev–Trinajstić information content (AvgIpc) is 2.51. The van der Waals surface area contributed by atoms with Crippen LogP contribution in [0.3, 0.4) is 0 Å². The van der Waals surface area contributed by atoms with Gasteiger partial charge in [-0.1, -0.05) is 0 Å². The fourth-order valence-corrected chi connectivity index (χ4v) is 2.07. The van der Waals surface area contributed by atoms with Crippen LogP contribution in [-0.2, 0) is 0 Å². The Morgan fingerprint density at radius 2 is 1.64 bits per heavy atom. The molecule has 0 aromatic heterocycles. The summed E-state index contributed by atoms with van der Waals surface area (Å²) in [5.41, 5.74) is 2.74. The largest absolute Gasteiger partial charge is 0.506 e. The second-order valence-electron chi connectivity index (χ2n) is 4.98. The second-order valence-corrected chi connectivity index (χ2v) is 4.98. The van der Waals surface area contributed by atoms with E-state index in [1.165, 1.54) is 14.2 Å². The second kappa shape index (κ2) is 6.39. The summed E-state index contributed by atoms with van der Waals surface area (Å²) in [7, 11) is 3.04. The van der Waals surface area contributed by atoms with E-state index >= 15 is 0 Å². The van der Waals surface area contributed by atoms with Crippen molar-refractivity contribution >= 4 is 11.6 Å². The molecule has 0 fully saturated rings. The van der Waals surface area contributed by atoms with Crippen molar-refractivity contribution < 1.29 is 19.4 Å². The Hall–Kier alpha value is -2.69. The molecular weight excluding hydrogens is 282 g/mol. The molecule has 116 valence electrons. The number of benzene rings is 2. The molecule has 2 N–H and O–H groups in total. The minimum Gasteiger partial charge on any atom is -0.506 e. The number of amides is 1. The van der Waals surface area contributed by atoms with Gasteiger partial charge < -0.3 is 19.9 Å². The van der Waals surface area contributed by atoms with Crippen molar-refractivity contribution in [3.63, 3.8) is 0 Å². The third kappa shape index (κ3) is 3.14. The molecule has 0 heterocycles. The number of hydrogen-bond donors (Lipinski definition) is 2. The predicted molar refractivity (Wildman–Crippen MR) is 85.1 cm³/mol. The minimum absolute atomic E-state index is 0.0388. The number of anilines is 1. The smallest absolute Gasteiger partial charge is 0.255 e. The van der Waals surface area contributed by atoms with Crippen molar-refractivity contribution in [2.45, 2.75) is 13.8 Å². The molecule has 2 aromatic carbocycles. The molecule has 0 spiro atoms. The molecule has 5 nitrogen and oxygen atoms in total. The molecule has 5 heteroatoms. The Morgan fingerprint density at radius 3 is 2.27 bits per heavy atom. The molecule has 2 aromatic rings. The van der Waals surface area contributed by atoms with Gasteiger partial charge in [0.2, 0.25) is 0 Å². The van der Waals surface area contributed by atoms with Gasteiger partial charge in [-0.3, -0.25) is 4.79 Å². The number of aryl methyl sites for hydroxylation is 2. The molecule has 0 aliphatic rings. The third-order valence-electron chi connectivity index (χ3n) is 3.51. The maximum Gasteiger partial charge on any atom is 0.255 e. The van der Waals surface area contributed by atoms with Gasteiger partial charge in [-0.05, 0) is 55.3 Å². The van der Waals surface area contributed by atoms with Crippen LogP contribution in [0.2, 0.25) is 0 Å². The van der Waals surface area contributed by atoms with Crippen molar-refractivity contribution in [3.05, 3.63) is 47.0 Å². The Kier molecular flexibility index (Phi) is 4.56. The lowest BCUT2D eigenvalue weighted by molar-refractivity contribution is 0.102. The van der Waals surface area contributed by atoms with Crippen LogP contribution in [0.15, 0.2) is 30.3 Å². The summed E-state index contributed by atoms with van der Waals surface area (Å²) in [6.07, 6.45) is 0. The molecule has 0 saturated heterocycles. The van der Waals surface area contributed by atoms with E-state index in [-0.39, 0.29) is 11.7 Å². The number of phenolic OH excluding ortho intramolecular Hbond substituents is 1. The number of hydrogen-bond acceptors (Lipinski definition) is 4. The maximum atomic E-state index is 12.3. The molecule has 0 radical (unpaired) electrons. The highest BCUT2D eigenvalue weighted by molar-refractivity contribution is 6.05. The van der Waals surface area contributed by atoms with Gasteiger partial charge in [-0.25, -0.2) is 0 Å². The molecule has 0 atom stereocenters. The van der Waals surface area contributed by atoms with Crippen LogP contribution in [-0.4, -0.2) is 25.2 Å². The van der Waals surface area contributed by atoms with E-state index < -0.39 is 0 Å². The zero-order valence-electron chi connectivity index (χ0n) is 13.1. The summed E-state index contributed by atoms with van der Waals surface area (Å²) in [5.74, 6) is 0.726. The van der Waals surface area contributed by atoms with Crippen molar-refractivity contribution in [2.75, 3.05) is 19.5 Å². The summed E-state index contributed by atoms with van der Waals surface area (Å²) in [6, 6.07) is 8.25.